The summed E-state index contributed by atoms with van der Waals surface area (Å²) in [5.74, 6) is 1.20. The Bertz CT molecular complexity index is 324. The molecule has 1 aromatic rings. The fourth-order valence-electron chi connectivity index (χ4n) is 1.45. The fourth-order valence-corrected chi connectivity index (χ4v) is 1.45. The highest BCUT2D eigenvalue weighted by Crippen LogP contribution is 2.17. The van der Waals surface area contributed by atoms with Crippen LogP contribution in [0, 0.1) is 5.92 Å². The van der Waals surface area contributed by atoms with E-state index in [4.69, 9.17) is 4.42 Å². The molecule has 1 rings (SSSR count). The van der Waals surface area contributed by atoms with Crippen molar-refractivity contribution in [3.8, 4) is 0 Å². The molecule has 0 saturated carbocycles. The van der Waals surface area contributed by atoms with Gasteiger partial charge in [-0.3, -0.25) is 0 Å². The maximum atomic E-state index is 5.60. The molecule has 0 fully saturated rings. The number of anilines is 1. The molecule has 0 aliphatic heterocycles. The summed E-state index contributed by atoms with van der Waals surface area (Å²) < 4.78 is 5.60. The molecule has 0 aromatic carbocycles. The molecule has 0 amide bonds. The molecule has 1 heterocycles. The second-order valence-corrected chi connectivity index (χ2v) is 4.75. The normalized spacial score (nSPS) is 13.1. The van der Waals surface area contributed by atoms with Crippen LogP contribution in [0.2, 0.25) is 0 Å². The van der Waals surface area contributed by atoms with E-state index in [1.54, 1.807) is 0 Å². The molecule has 0 saturated heterocycles. The Morgan fingerprint density at radius 3 is 2.59 bits per heavy atom. The number of hydrogen-bond acceptors (Lipinski definition) is 5. The predicted octanol–water partition coefficient (Wildman–Crippen LogP) is 2.05. The Morgan fingerprint density at radius 1 is 1.29 bits per heavy atom. The number of nitrogens with one attached hydrogen (secondary N) is 1. The number of hydrogen-bond donors (Lipinski definition) is 1. The molecule has 1 aromatic heterocycles. The van der Waals surface area contributed by atoms with Crippen molar-refractivity contribution in [1.82, 2.24) is 15.5 Å². The topological polar surface area (TPSA) is 54.2 Å². The lowest BCUT2D eigenvalue weighted by molar-refractivity contribution is 0.430. The average Bonchev–Trinajstić information content (AvgIpc) is 2.76. The van der Waals surface area contributed by atoms with Crippen molar-refractivity contribution in [2.45, 2.75) is 46.7 Å². The van der Waals surface area contributed by atoms with Gasteiger partial charge in [0.1, 0.15) is 0 Å². The zero-order valence-electron chi connectivity index (χ0n) is 11.5. The fraction of sp³-hybridized carbons (Fsp3) is 0.833. The van der Waals surface area contributed by atoms with E-state index in [1.807, 2.05) is 11.9 Å². The average molecular weight is 240 g/mol. The van der Waals surface area contributed by atoms with Gasteiger partial charge < -0.3 is 14.6 Å². The Hall–Kier alpha value is -1.10. The van der Waals surface area contributed by atoms with Crippen LogP contribution in [-0.2, 0) is 6.54 Å². The molecule has 1 N–H and O–H groups in total. The van der Waals surface area contributed by atoms with Gasteiger partial charge in [0.25, 0.3) is 0 Å². The van der Waals surface area contributed by atoms with Gasteiger partial charge in [-0.05, 0) is 25.8 Å². The first-order valence-electron chi connectivity index (χ1n) is 6.32. The van der Waals surface area contributed by atoms with Crippen LogP contribution in [0.3, 0.4) is 0 Å². The van der Waals surface area contributed by atoms with Gasteiger partial charge >= 0.3 is 6.01 Å². The minimum atomic E-state index is 0.381. The number of aromatic nitrogens is 2. The van der Waals surface area contributed by atoms with Crippen LogP contribution in [0.4, 0.5) is 6.01 Å². The third kappa shape index (κ3) is 4.00. The first-order chi connectivity index (χ1) is 8.06. The van der Waals surface area contributed by atoms with Gasteiger partial charge in [-0.2, -0.15) is 0 Å². The maximum Gasteiger partial charge on any atom is 0.318 e. The lowest BCUT2D eigenvalue weighted by atomic mass is 10.1. The van der Waals surface area contributed by atoms with E-state index in [0.29, 0.717) is 30.4 Å². The maximum absolute atomic E-state index is 5.60. The van der Waals surface area contributed by atoms with Crippen molar-refractivity contribution in [1.29, 1.82) is 0 Å². The molecular weight excluding hydrogens is 216 g/mol. The molecule has 0 bridgehead atoms. The zero-order valence-corrected chi connectivity index (χ0v) is 11.5. The number of rotatable bonds is 7. The summed E-state index contributed by atoms with van der Waals surface area (Å²) in [6.45, 7) is 10.3. The number of nitrogens with zero attached hydrogens (tertiary/aromatic N) is 3. The van der Waals surface area contributed by atoms with Crippen molar-refractivity contribution in [3.05, 3.63) is 5.89 Å². The first-order valence-corrected chi connectivity index (χ1v) is 6.32. The van der Waals surface area contributed by atoms with Crippen LogP contribution in [0.15, 0.2) is 4.42 Å². The molecule has 1 unspecified atom stereocenters. The molecule has 0 aliphatic carbocycles. The van der Waals surface area contributed by atoms with Gasteiger partial charge in [-0.25, -0.2) is 0 Å². The smallest absolute Gasteiger partial charge is 0.318 e. The molecule has 5 nitrogen and oxygen atoms in total. The minimum Gasteiger partial charge on any atom is -0.407 e. The van der Waals surface area contributed by atoms with Crippen molar-refractivity contribution < 1.29 is 4.42 Å². The van der Waals surface area contributed by atoms with Crippen molar-refractivity contribution in [2.24, 2.45) is 5.92 Å². The van der Waals surface area contributed by atoms with Gasteiger partial charge in [-0.1, -0.05) is 25.9 Å². The van der Waals surface area contributed by atoms with Crippen molar-refractivity contribution in [2.75, 3.05) is 18.5 Å². The summed E-state index contributed by atoms with van der Waals surface area (Å²) >= 11 is 0. The lowest BCUT2D eigenvalue weighted by Crippen LogP contribution is -2.33. The Morgan fingerprint density at radius 2 is 2.00 bits per heavy atom. The third-order valence-corrected chi connectivity index (χ3v) is 3.04. The Kier molecular flexibility index (Phi) is 5.41. The molecule has 98 valence electrons. The SMILES string of the molecule is CCCNCc1nnc(N(C)C(C)C(C)C)o1. The second-order valence-electron chi connectivity index (χ2n) is 4.75. The monoisotopic (exact) mass is 240 g/mol. The molecule has 17 heavy (non-hydrogen) atoms. The molecule has 0 aliphatic rings. The van der Waals surface area contributed by atoms with E-state index in [1.165, 1.54) is 0 Å². The Labute approximate surface area is 104 Å². The molecule has 0 radical (unpaired) electrons. The predicted molar refractivity (Wildman–Crippen MR) is 69.0 cm³/mol. The van der Waals surface area contributed by atoms with E-state index in [2.05, 4.69) is 43.2 Å². The quantitative estimate of drug-likeness (QED) is 0.739. The van der Waals surface area contributed by atoms with E-state index in [0.717, 1.165) is 13.0 Å². The third-order valence-electron chi connectivity index (χ3n) is 3.04. The van der Waals surface area contributed by atoms with Crippen LogP contribution < -0.4 is 10.2 Å². The van der Waals surface area contributed by atoms with Crippen LogP contribution in [-0.4, -0.2) is 29.8 Å². The summed E-state index contributed by atoms with van der Waals surface area (Å²) in [7, 11) is 1.99. The summed E-state index contributed by atoms with van der Waals surface area (Å²) in [6.07, 6.45) is 1.10. The highest BCUT2D eigenvalue weighted by Gasteiger charge is 2.18. The largest absolute Gasteiger partial charge is 0.407 e. The van der Waals surface area contributed by atoms with E-state index < -0.39 is 0 Å². The van der Waals surface area contributed by atoms with Crippen LogP contribution in [0.5, 0.6) is 0 Å². The van der Waals surface area contributed by atoms with Gasteiger partial charge in [-0.15, -0.1) is 5.10 Å². The van der Waals surface area contributed by atoms with Crippen molar-refractivity contribution in [3.63, 3.8) is 0 Å². The standard InChI is InChI=1S/C12H24N4O/c1-6-7-13-8-11-14-15-12(17-11)16(5)10(4)9(2)3/h9-10,13H,6-8H2,1-5H3. The molecular formula is C12H24N4O. The van der Waals surface area contributed by atoms with Gasteiger partial charge in [0.05, 0.1) is 6.54 Å². The summed E-state index contributed by atoms with van der Waals surface area (Å²) in [4.78, 5) is 2.03. The highest BCUT2D eigenvalue weighted by molar-refractivity contribution is 5.24. The van der Waals surface area contributed by atoms with Crippen LogP contribution >= 0.6 is 0 Å². The minimum absolute atomic E-state index is 0.381. The molecule has 0 spiro atoms. The Balaban J connectivity index is 2.55. The molecule has 5 heteroatoms. The van der Waals surface area contributed by atoms with Crippen LogP contribution in [0.1, 0.15) is 40.0 Å². The second kappa shape index (κ2) is 6.59. The highest BCUT2D eigenvalue weighted by atomic mass is 16.4. The van der Waals surface area contributed by atoms with Gasteiger partial charge in [0, 0.05) is 13.1 Å². The van der Waals surface area contributed by atoms with E-state index >= 15 is 0 Å². The summed E-state index contributed by atoms with van der Waals surface area (Å²) in [6, 6.07) is 0.978. The zero-order chi connectivity index (χ0) is 12.8. The molecule has 1 atom stereocenters. The lowest BCUT2D eigenvalue weighted by Gasteiger charge is -2.25. The van der Waals surface area contributed by atoms with E-state index in [9.17, 15) is 0 Å². The van der Waals surface area contributed by atoms with Gasteiger partial charge in [0.15, 0.2) is 0 Å². The summed E-state index contributed by atoms with van der Waals surface area (Å²) in [5.41, 5.74) is 0. The van der Waals surface area contributed by atoms with Gasteiger partial charge in [0.2, 0.25) is 5.89 Å². The first kappa shape index (κ1) is 14.0. The van der Waals surface area contributed by atoms with E-state index in [-0.39, 0.29) is 0 Å². The van der Waals surface area contributed by atoms with Crippen LogP contribution in [0.25, 0.3) is 0 Å². The van der Waals surface area contributed by atoms with Crippen molar-refractivity contribution >= 4 is 6.01 Å². The summed E-state index contributed by atoms with van der Waals surface area (Å²) in [5, 5.41) is 11.3.